The first-order chi connectivity index (χ1) is 10.9. The molecule has 2 saturated carbocycles. The number of thioether (sulfide) groups is 1. The van der Waals surface area contributed by atoms with Gasteiger partial charge in [-0.25, -0.2) is 4.68 Å². The second kappa shape index (κ2) is 5.98. The molecule has 2 aromatic heterocycles. The van der Waals surface area contributed by atoms with Crippen molar-refractivity contribution in [2.75, 3.05) is 0 Å². The number of nitrogens with zero attached hydrogens (tertiary/aromatic N) is 7. The fourth-order valence-corrected chi connectivity index (χ4v) is 3.57. The fraction of sp³-hybridized carbons (Fsp3) is 0.786. The van der Waals surface area contributed by atoms with Crippen LogP contribution in [0.25, 0.3) is 0 Å². The second-order valence-corrected chi connectivity index (χ2v) is 7.12. The summed E-state index contributed by atoms with van der Waals surface area (Å²) in [7, 11) is 0. The van der Waals surface area contributed by atoms with Gasteiger partial charge in [0, 0.05) is 18.5 Å². The third-order valence-electron chi connectivity index (χ3n) is 4.21. The first-order valence-corrected chi connectivity index (χ1v) is 9.18. The topological polar surface area (TPSA) is 74.3 Å². The molecule has 2 aromatic rings. The summed E-state index contributed by atoms with van der Waals surface area (Å²) >= 11 is 1.71. The van der Waals surface area contributed by atoms with Gasteiger partial charge in [-0.3, -0.25) is 0 Å². The monoisotopic (exact) mass is 319 g/mol. The SMILES string of the molecule is CCCCn1nnnc1CSc1nnc(C2CC2)n1C1CC1. The van der Waals surface area contributed by atoms with Crippen LogP contribution in [0.2, 0.25) is 0 Å². The minimum Gasteiger partial charge on any atom is -0.303 e. The van der Waals surface area contributed by atoms with Crippen molar-refractivity contribution in [2.45, 2.75) is 74.9 Å². The van der Waals surface area contributed by atoms with E-state index in [9.17, 15) is 0 Å². The maximum absolute atomic E-state index is 4.45. The second-order valence-electron chi connectivity index (χ2n) is 6.18. The van der Waals surface area contributed by atoms with Gasteiger partial charge in [0.25, 0.3) is 0 Å². The summed E-state index contributed by atoms with van der Waals surface area (Å²) in [6.45, 7) is 3.07. The Labute approximate surface area is 133 Å². The van der Waals surface area contributed by atoms with E-state index in [4.69, 9.17) is 0 Å². The van der Waals surface area contributed by atoms with E-state index in [-0.39, 0.29) is 0 Å². The van der Waals surface area contributed by atoms with Gasteiger partial charge in [0.05, 0.1) is 5.75 Å². The van der Waals surface area contributed by atoms with Crippen molar-refractivity contribution < 1.29 is 0 Å². The Hall–Kier alpha value is -1.44. The molecule has 0 aliphatic heterocycles. The highest BCUT2D eigenvalue weighted by Crippen LogP contribution is 2.46. The highest BCUT2D eigenvalue weighted by Gasteiger charge is 2.36. The highest BCUT2D eigenvalue weighted by molar-refractivity contribution is 7.98. The lowest BCUT2D eigenvalue weighted by molar-refractivity contribution is 0.540. The minimum absolute atomic E-state index is 0.629. The van der Waals surface area contributed by atoms with Crippen LogP contribution in [-0.4, -0.2) is 35.0 Å². The number of tetrazole rings is 1. The Bertz CT molecular complexity index is 641. The Balaban J connectivity index is 1.46. The highest BCUT2D eigenvalue weighted by atomic mass is 32.2. The Morgan fingerprint density at radius 2 is 2.00 bits per heavy atom. The molecule has 0 amide bonds. The standard InChI is InChI=1S/C14H21N7S/c1-2-3-8-20-12(15-18-19-20)9-22-14-17-16-13(10-4-5-10)21(14)11-6-7-11/h10-11H,2-9H2,1H3. The molecule has 2 aliphatic carbocycles. The van der Waals surface area contributed by atoms with Gasteiger partial charge >= 0.3 is 0 Å². The van der Waals surface area contributed by atoms with E-state index >= 15 is 0 Å². The molecule has 2 heterocycles. The molecule has 2 aliphatic rings. The summed E-state index contributed by atoms with van der Waals surface area (Å²) in [5, 5.41) is 21.9. The summed E-state index contributed by atoms with van der Waals surface area (Å²) in [6, 6.07) is 0.629. The lowest BCUT2D eigenvalue weighted by Gasteiger charge is -2.08. The van der Waals surface area contributed by atoms with Gasteiger partial charge in [0.2, 0.25) is 0 Å². The van der Waals surface area contributed by atoms with E-state index < -0.39 is 0 Å². The number of aromatic nitrogens is 7. The molecule has 0 saturated heterocycles. The van der Waals surface area contributed by atoms with Crippen LogP contribution in [0.1, 0.15) is 69.1 Å². The Kier molecular flexibility index (Phi) is 3.85. The fourth-order valence-electron chi connectivity index (χ4n) is 2.62. The molecule has 118 valence electrons. The predicted octanol–water partition coefficient (Wildman–Crippen LogP) is 2.57. The van der Waals surface area contributed by atoms with Crippen molar-refractivity contribution in [3.63, 3.8) is 0 Å². The molecule has 0 radical (unpaired) electrons. The molecule has 0 spiro atoms. The van der Waals surface area contributed by atoms with Crippen molar-refractivity contribution >= 4 is 11.8 Å². The molecule has 7 nitrogen and oxygen atoms in total. The predicted molar refractivity (Wildman–Crippen MR) is 82.6 cm³/mol. The number of unbranched alkanes of at least 4 members (excludes halogenated alkanes) is 1. The maximum Gasteiger partial charge on any atom is 0.191 e. The molecule has 0 aromatic carbocycles. The third-order valence-corrected chi connectivity index (χ3v) is 5.14. The number of hydrogen-bond acceptors (Lipinski definition) is 6. The van der Waals surface area contributed by atoms with E-state index in [2.05, 4.69) is 37.2 Å². The summed E-state index contributed by atoms with van der Waals surface area (Å²) < 4.78 is 4.29. The average Bonchev–Trinajstić information content (AvgIpc) is 3.46. The van der Waals surface area contributed by atoms with E-state index in [1.807, 2.05) is 4.68 Å². The largest absolute Gasteiger partial charge is 0.303 e. The lowest BCUT2D eigenvalue weighted by Crippen LogP contribution is -2.06. The molecule has 0 N–H and O–H groups in total. The first kappa shape index (κ1) is 14.2. The number of aryl methyl sites for hydroxylation is 1. The maximum atomic E-state index is 4.45. The zero-order chi connectivity index (χ0) is 14.9. The lowest BCUT2D eigenvalue weighted by atomic mass is 10.3. The van der Waals surface area contributed by atoms with Crippen LogP contribution in [-0.2, 0) is 12.3 Å². The van der Waals surface area contributed by atoms with Crippen LogP contribution in [0.3, 0.4) is 0 Å². The van der Waals surface area contributed by atoms with Gasteiger partial charge in [-0.15, -0.1) is 15.3 Å². The Morgan fingerprint density at radius 3 is 2.73 bits per heavy atom. The minimum atomic E-state index is 0.629. The molecule has 0 unspecified atom stereocenters. The smallest absolute Gasteiger partial charge is 0.191 e. The summed E-state index contributed by atoms with van der Waals surface area (Å²) in [6.07, 6.45) is 7.31. The van der Waals surface area contributed by atoms with Gasteiger partial charge in [0.15, 0.2) is 11.0 Å². The van der Waals surface area contributed by atoms with Crippen molar-refractivity contribution in [3.05, 3.63) is 11.6 Å². The van der Waals surface area contributed by atoms with Gasteiger partial charge in [-0.05, 0) is 42.5 Å². The van der Waals surface area contributed by atoms with E-state index in [0.717, 1.165) is 36.1 Å². The third kappa shape index (κ3) is 2.88. The van der Waals surface area contributed by atoms with Crippen molar-refractivity contribution in [3.8, 4) is 0 Å². The quantitative estimate of drug-likeness (QED) is 0.696. The van der Waals surface area contributed by atoms with Gasteiger partial charge in [0.1, 0.15) is 5.82 Å². The molecule has 22 heavy (non-hydrogen) atoms. The van der Waals surface area contributed by atoms with Crippen LogP contribution in [0, 0.1) is 0 Å². The molecule has 0 bridgehead atoms. The van der Waals surface area contributed by atoms with Crippen LogP contribution < -0.4 is 0 Å². The van der Waals surface area contributed by atoms with Crippen molar-refractivity contribution in [1.82, 2.24) is 35.0 Å². The summed E-state index contributed by atoms with van der Waals surface area (Å²) in [5.41, 5.74) is 0. The zero-order valence-corrected chi connectivity index (χ0v) is 13.7. The van der Waals surface area contributed by atoms with E-state index in [0.29, 0.717) is 12.0 Å². The Morgan fingerprint density at radius 1 is 1.14 bits per heavy atom. The summed E-state index contributed by atoms with van der Waals surface area (Å²) in [5.74, 6) is 3.54. The molecule has 4 rings (SSSR count). The van der Waals surface area contributed by atoms with Gasteiger partial charge < -0.3 is 4.57 Å². The van der Waals surface area contributed by atoms with Gasteiger partial charge in [-0.1, -0.05) is 25.1 Å². The molecule has 8 heteroatoms. The molecule has 0 atom stereocenters. The van der Waals surface area contributed by atoms with Gasteiger partial charge in [-0.2, -0.15) is 0 Å². The number of rotatable bonds is 8. The molecule has 2 fully saturated rings. The average molecular weight is 319 g/mol. The van der Waals surface area contributed by atoms with E-state index in [1.54, 1.807) is 11.8 Å². The van der Waals surface area contributed by atoms with Crippen LogP contribution in [0.15, 0.2) is 5.16 Å². The van der Waals surface area contributed by atoms with Crippen molar-refractivity contribution in [1.29, 1.82) is 0 Å². The molecular formula is C14H21N7S. The molecular weight excluding hydrogens is 298 g/mol. The van der Waals surface area contributed by atoms with Crippen LogP contribution in [0.5, 0.6) is 0 Å². The van der Waals surface area contributed by atoms with E-state index in [1.165, 1.54) is 31.5 Å². The zero-order valence-electron chi connectivity index (χ0n) is 12.9. The summed E-state index contributed by atoms with van der Waals surface area (Å²) in [4.78, 5) is 0. The number of hydrogen-bond donors (Lipinski definition) is 0. The van der Waals surface area contributed by atoms with Crippen LogP contribution >= 0.6 is 11.8 Å². The first-order valence-electron chi connectivity index (χ1n) is 8.19. The van der Waals surface area contributed by atoms with Crippen molar-refractivity contribution in [2.24, 2.45) is 0 Å². The normalized spacial score (nSPS) is 18.0. The van der Waals surface area contributed by atoms with Crippen LogP contribution in [0.4, 0.5) is 0 Å².